The summed E-state index contributed by atoms with van der Waals surface area (Å²) in [6.07, 6.45) is 19.1. The largest absolute Gasteiger partial charge is 0.355 e. The van der Waals surface area contributed by atoms with Crippen molar-refractivity contribution >= 4 is 46.4 Å². The molecule has 0 amide bonds. The van der Waals surface area contributed by atoms with Gasteiger partial charge in [0.25, 0.3) is 0 Å². The number of nitrogens with zero attached hydrogens (tertiary/aromatic N) is 2. The van der Waals surface area contributed by atoms with Gasteiger partial charge < -0.3 is 15.3 Å². The van der Waals surface area contributed by atoms with Crippen molar-refractivity contribution in [2.45, 2.75) is 65.2 Å². The summed E-state index contributed by atoms with van der Waals surface area (Å²) in [6.45, 7) is 6.98. The number of aromatic nitrogens is 4. The van der Waals surface area contributed by atoms with Gasteiger partial charge in [0.1, 0.15) is 0 Å². The number of rotatable bonds is 10. The average Bonchev–Trinajstić information content (AvgIpc) is 3.70. The molecule has 0 fully saturated rings. The topological polar surface area (TPSA) is 69.4 Å². The van der Waals surface area contributed by atoms with Gasteiger partial charge in [0.2, 0.25) is 0 Å². The summed E-state index contributed by atoms with van der Waals surface area (Å²) in [5, 5.41) is 3.50. The normalized spacial score (nSPS) is 11.9. The van der Waals surface area contributed by atoms with Crippen molar-refractivity contribution < 1.29 is 0 Å². The van der Waals surface area contributed by atoms with E-state index in [4.69, 9.17) is 0 Å². The van der Waals surface area contributed by atoms with Crippen LogP contribution in [0.3, 0.4) is 0 Å². The van der Waals surface area contributed by atoms with Gasteiger partial charge in [-0.1, -0.05) is 52.4 Å². The first-order chi connectivity index (χ1) is 18.2. The molecule has 5 nitrogen and oxygen atoms in total. The van der Waals surface area contributed by atoms with Crippen LogP contribution in [-0.4, -0.2) is 33.0 Å². The molecule has 194 valence electrons. The predicted octanol–water partition coefficient (Wildman–Crippen LogP) is 8.39. The Morgan fingerprint density at radius 3 is 1.19 bits per heavy atom. The van der Waals surface area contributed by atoms with Gasteiger partial charge in [-0.2, -0.15) is 0 Å². The monoisotopic (exact) mass is 495 g/mol. The second-order valence-electron chi connectivity index (χ2n) is 9.78. The number of nitrogens with one attached hydrogen (secondary N) is 3. The first-order valence-electron chi connectivity index (χ1n) is 14.0. The molecule has 5 heteroatoms. The van der Waals surface area contributed by atoms with Gasteiger partial charge in [-0.3, -0.25) is 0 Å². The average molecular weight is 496 g/mol. The third-order valence-corrected chi connectivity index (χ3v) is 6.46. The molecular weight excluding hydrogens is 454 g/mol. The zero-order valence-electron chi connectivity index (χ0n) is 22.4. The molecule has 5 rings (SSSR count). The minimum absolute atomic E-state index is 0.939. The molecule has 2 aliphatic heterocycles. The lowest BCUT2D eigenvalue weighted by Gasteiger charge is -2.03. The van der Waals surface area contributed by atoms with E-state index in [2.05, 4.69) is 63.4 Å². The van der Waals surface area contributed by atoms with Crippen molar-refractivity contribution in [3.8, 4) is 0 Å². The minimum atomic E-state index is 0.939. The van der Waals surface area contributed by atoms with E-state index in [1.54, 1.807) is 0 Å². The van der Waals surface area contributed by atoms with Crippen molar-refractivity contribution in [2.75, 3.05) is 13.1 Å². The number of H-pyrrole nitrogens is 2. The number of fused-ring (bicyclic) bond motifs is 8. The fourth-order valence-electron chi connectivity index (χ4n) is 4.42. The molecular formula is C32H41N5. The lowest BCUT2D eigenvalue weighted by molar-refractivity contribution is 0.564. The summed E-state index contributed by atoms with van der Waals surface area (Å²) in [7, 11) is 0. The number of aromatic amines is 2. The minimum Gasteiger partial charge on any atom is -0.355 e. The molecule has 2 aliphatic rings. The maximum Gasteiger partial charge on any atom is 0.0658 e. The first kappa shape index (κ1) is 26.6. The van der Waals surface area contributed by atoms with E-state index in [0.29, 0.717) is 0 Å². The van der Waals surface area contributed by atoms with Gasteiger partial charge >= 0.3 is 0 Å². The SMILES string of the molecule is C1=Cc2cc3ccc(cc4nc(cc5ccc(cc1n2)[nH]5)C=C4)[nH]3.CCCCCCNCCCCCC. The Kier molecular flexibility index (Phi) is 10.3. The lowest BCUT2D eigenvalue weighted by Crippen LogP contribution is -2.16. The summed E-state index contributed by atoms with van der Waals surface area (Å²) in [4.78, 5) is 16.0. The summed E-state index contributed by atoms with van der Waals surface area (Å²) in [5.41, 5.74) is 7.86. The van der Waals surface area contributed by atoms with Crippen LogP contribution in [0, 0.1) is 0 Å². The molecule has 3 N–H and O–H groups in total. The quantitative estimate of drug-likeness (QED) is 0.170. The van der Waals surface area contributed by atoms with Gasteiger partial charge in [-0.15, -0.1) is 0 Å². The molecule has 0 aromatic carbocycles. The molecule has 0 saturated heterocycles. The van der Waals surface area contributed by atoms with Crippen molar-refractivity contribution in [3.05, 3.63) is 71.3 Å². The molecule has 3 aromatic heterocycles. The van der Waals surface area contributed by atoms with Crippen molar-refractivity contribution in [3.63, 3.8) is 0 Å². The summed E-state index contributed by atoms with van der Waals surface area (Å²) in [5.74, 6) is 0. The fourth-order valence-corrected chi connectivity index (χ4v) is 4.42. The Hall–Kier alpha value is -3.44. The summed E-state index contributed by atoms with van der Waals surface area (Å²) in [6, 6.07) is 16.4. The number of unbranched alkanes of at least 4 members (excludes halogenated alkanes) is 6. The Morgan fingerprint density at radius 2 is 0.865 bits per heavy atom. The molecule has 37 heavy (non-hydrogen) atoms. The summed E-state index contributed by atoms with van der Waals surface area (Å²) >= 11 is 0. The predicted molar refractivity (Wildman–Crippen MR) is 160 cm³/mol. The zero-order chi connectivity index (χ0) is 25.7. The van der Waals surface area contributed by atoms with Gasteiger partial charge in [0.05, 0.1) is 22.8 Å². The van der Waals surface area contributed by atoms with E-state index in [1.807, 2.05) is 48.6 Å². The van der Waals surface area contributed by atoms with Crippen molar-refractivity contribution in [1.82, 2.24) is 25.3 Å². The zero-order valence-corrected chi connectivity index (χ0v) is 22.4. The van der Waals surface area contributed by atoms with Crippen LogP contribution >= 0.6 is 0 Å². The van der Waals surface area contributed by atoms with E-state index in [-0.39, 0.29) is 0 Å². The fraction of sp³-hybridized carbons (Fsp3) is 0.375. The van der Waals surface area contributed by atoms with Crippen LogP contribution in [0.2, 0.25) is 0 Å². The van der Waals surface area contributed by atoms with E-state index in [1.165, 1.54) is 64.5 Å². The van der Waals surface area contributed by atoms with Crippen LogP contribution in [0.1, 0.15) is 88.0 Å². The Bertz CT molecular complexity index is 1160. The van der Waals surface area contributed by atoms with E-state index < -0.39 is 0 Å². The molecule has 0 atom stereocenters. The third-order valence-electron chi connectivity index (χ3n) is 6.46. The molecule has 3 aromatic rings. The smallest absolute Gasteiger partial charge is 0.0658 e. The van der Waals surface area contributed by atoms with E-state index in [9.17, 15) is 0 Å². The molecule has 0 radical (unpaired) electrons. The highest BCUT2D eigenvalue weighted by Crippen LogP contribution is 2.17. The van der Waals surface area contributed by atoms with Crippen LogP contribution in [0.5, 0.6) is 0 Å². The molecule has 0 unspecified atom stereocenters. The first-order valence-corrected chi connectivity index (χ1v) is 14.0. The van der Waals surface area contributed by atoms with E-state index in [0.717, 1.165) is 44.8 Å². The number of hydrogen-bond donors (Lipinski definition) is 3. The summed E-state index contributed by atoms with van der Waals surface area (Å²) < 4.78 is 0. The third kappa shape index (κ3) is 8.87. The molecule has 8 bridgehead atoms. The standard InChI is InChI=1S/C20H14N4.C12H27N/c1-2-14-10-16-5-6-18(23-16)12-20-8-7-19(24-20)11-17-4-3-15(22-17)9-13(1)21-14;1-3-5-7-9-11-13-12-10-8-6-4-2/h1-12,21,24H;13H,3-12H2,1-2H3. The van der Waals surface area contributed by atoms with Crippen LogP contribution in [0.25, 0.3) is 46.4 Å². The highest BCUT2D eigenvalue weighted by molar-refractivity contribution is 5.77. The van der Waals surface area contributed by atoms with Crippen LogP contribution in [-0.2, 0) is 0 Å². The Balaban J connectivity index is 0.000000212. The van der Waals surface area contributed by atoms with Crippen LogP contribution in [0.4, 0.5) is 0 Å². The highest BCUT2D eigenvalue weighted by Gasteiger charge is 2.01. The molecule has 0 aliphatic carbocycles. The van der Waals surface area contributed by atoms with Crippen LogP contribution in [0.15, 0.2) is 48.5 Å². The maximum absolute atomic E-state index is 4.63. The van der Waals surface area contributed by atoms with Crippen LogP contribution < -0.4 is 5.32 Å². The second-order valence-corrected chi connectivity index (χ2v) is 9.78. The maximum atomic E-state index is 4.63. The molecule has 0 saturated carbocycles. The number of hydrogen-bond acceptors (Lipinski definition) is 3. The Labute approximate surface area is 221 Å². The van der Waals surface area contributed by atoms with Gasteiger partial charge in [0, 0.05) is 22.1 Å². The Morgan fingerprint density at radius 1 is 0.514 bits per heavy atom. The molecule has 0 spiro atoms. The van der Waals surface area contributed by atoms with Crippen molar-refractivity contribution in [2.24, 2.45) is 0 Å². The van der Waals surface area contributed by atoms with E-state index >= 15 is 0 Å². The highest BCUT2D eigenvalue weighted by atomic mass is 14.8. The van der Waals surface area contributed by atoms with Crippen molar-refractivity contribution in [1.29, 1.82) is 0 Å². The van der Waals surface area contributed by atoms with Gasteiger partial charge in [-0.25, -0.2) is 9.97 Å². The second kappa shape index (κ2) is 14.3. The van der Waals surface area contributed by atoms with Gasteiger partial charge in [-0.05, 0) is 98.8 Å². The lowest BCUT2D eigenvalue weighted by atomic mass is 10.2. The van der Waals surface area contributed by atoms with Gasteiger partial charge in [0.15, 0.2) is 0 Å². The molecule has 5 heterocycles.